The number of aromatic nitrogens is 2. The van der Waals surface area contributed by atoms with Crippen LogP contribution in [0.1, 0.15) is 46.3 Å². The van der Waals surface area contributed by atoms with E-state index < -0.39 is 18.0 Å². The lowest BCUT2D eigenvalue weighted by molar-refractivity contribution is -0.124. The fraction of sp³-hybridized carbons (Fsp3) is 0.286. The fourth-order valence-corrected chi connectivity index (χ4v) is 4.60. The van der Waals surface area contributed by atoms with Gasteiger partial charge in [0.2, 0.25) is 0 Å². The van der Waals surface area contributed by atoms with E-state index in [0.29, 0.717) is 24.3 Å². The molecule has 0 saturated heterocycles. The molecule has 1 amide bonds. The lowest BCUT2D eigenvalue weighted by atomic mass is 9.95. The zero-order valence-electron chi connectivity index (χ0n) is 20.4. The Kier molecular flexibility index (Phi) is 6.77. The molecule has 4 aromatic rings. The van der Waals surface area contributed by atoms with Crippen molar-refractivity contribution in [2.75, 3.05) is 11.9 Å². The monoisotopic (exact) mass is 484 g/mol. The molecule has 5 rings (SSSR count). The van der Waals surface area contributed by atoms with Gasteiger partial charge in [0, 0.05) is 48.8 Å². The molecule has 0 radical (unpaired) electrons. The number of para-hydroxylation sites is 1. The molecule has 0 saturated carbocycles. The number of fused-ring (bicyclic) bond motifs is 2. The highest BCUT2D eigenvalue weighted by Gasteiger charge is 2.30. The van der Waals surface area contributed by atoms with E-state index in [0.717, 1.165) is 41.7 Å². The van der Waals surface area contributed by atoms with Crippen LogP contribution in [0, 0.1) is 6.92 Å². The van der Waals surface area contributed by atoms with Crippen LogP contribution in [0.3, 0.4) is 0 Å². The number of carbonyl (C=O) groups is 2. The first-order valence-corrected chi connectivity index (χ1v) is 12.1. The molecule has 0 aliphatic carbocycles. The van der Waals surface area contributed by atoms with Gasteiger partial charge in [0.15, 0.2) is 11.9 Å². The number of esters is 1. The SMILES string of the molecule is CCC(OC(=O)c1c2c(nc3ccccc13)CCN(Cc1ccccc1)C2)C(=O)Nc1cc(C)on1. The molecule has 3 heterocycles. The molecule has 1 aliphatic heterocycles. The fourth-order valence-electron chi connectivity index (χ4n) is 4.60. The number of nitrogens with zero attached hydrogens (tertiary/aromatic N) is 3. The van der Waals surface area contributed by atoms with Gasteiger partial charge in [-0.25, -0.2) is 4.79 Å². The first-order valence-electron chi connectivity index (χ1n) is 12.1. The summed E-state index contributed by atoms with van der Waals surface area (Å²) in [4.78, 5) is 33.6. The van der Waals surface area contributed by atoms with E-state index in [4.69, 9.17) is 14.2 Å². The summed E-state index contributed by atoms with van der Waals surface area (Å²) < 4.78 is 10.8. The summed E-state index contributed by atoms with van der Waals surface area (Å²) in [7, 11) is 0. The molecule has 1 aliphatic rings. The Hall–Kier alpha value is -4.04. The lowest BCUT2D eigenvalue weighted by Crippen LogP contribution is -2.35. The van der Waals surface area contributed by atoms with Gasteiger partial charge < -0.3 is 14.6 Å². The van der Waals surface area contributed by atoms with Crippen molar-refractivity contribution in [1.82, 2.24) is 15.0 Å². The normalized spacial score (nSPS) is 14.3. The molecule has 0 spiro atoms. The van der Waals surface area contributed by atoms with Crippen molar-refractivity contribution in [2.45, 2.75) is 45.9 Å². The molecule has 2 aromatic heterocycles. The van der Waals surface area contributed by atoms with Crippen LogP contribution in [-0.2, 0) is 29.0 Å². The third-order valence-corrected chi connectivity index (χ3v) is 6.37. The number of benzene rings is 2. The Bertz CT molecular complexity index is 1400. The zero-order valence-corrected chi connectivity index (χ0v) is 20.4. The van der Waals surface area contributed by atoms with Crippen molar-refractivity contribution in [3.05, 3.63) is 88.8 Å². The number of hydrogen-bond donors (Lipinski definition) is 1. The topological polar surface area (TPSA) is 97.6 Å². The molecule has 1 N–H and O–H groups in total. The Morgan fingerprint density at radius 2 is 1.92 bits per heavy atom. The minimum atomic E-state index is -0.971. The van der Waals surface area contributed by atoms with Gasteiger partial charge >= 0.3 is 5.97 Å². The number of pyridine rings is 1. The predicted octanol–water partition coefficient (Wildman–Crippen LogP) is 4.66. The van der Waals surface area contributed by atoms with Crippen LogP contribution >= 0.6 is 0 Å². The number of aryl methyl sites for hydroxylation is 1. The Balaban J connectivity index is 1.43. The molecule has 184 valence electrons. The van der Waals surface area contributed by atoms with E-state index >= 15 is 0 Å². The van der Waals surface area contributed by atoms with Crippen molar-refractivity contribution >= 4 is 28.6 Å². The van der Waals surface area contributed by atoms with E-state index in [1.807, 2.05) is 42.5 Å². The molecule has 0 bridgehead atoms. The third-order valence-electron chi connectivity index (χ3n) is 6.37. The van der Waals surface area contributed by atoms with Crippen molar-refractivity contribution < 1.29 is 18.8 Å². The molecule has 8 heteroatoms. The van der Waals surface area contributed by atoms with Crippen molar-refractivity contribution in [3.63, 3.8) is 0 Å². The van der Waals surface area contributed by atoms with Gasteiger partial charge in [0.1, 0.15) is 5.76 Å². The van der Waals surface area contributed by atoms with Crippen LogP contribution in [0.2, 0.25) is 0 Å². The molecule has 1 atom stereocenters. The number of ether oxygens (including phenoxy) is 1. The van der Waals surface area contributed by atoms with Gasteiger partial charge in [0.05, 0.1) is 11.1 Å². The smallest absolute Gasteiger partial charge is 0.340 e. The molecule has 36 heavy (non-hydrogen) atoms. The van der Waals surface area contributed by atoms with Crippen molar-refractivity contribution in [1.29, 1.82) is 0 Å². The quantitative estimate of drug-likeness (QED) is 0.381. The molecule has 8 nitrogen and oxygen atoms in total. The molecular weight excluding hydrogens is 456 g/mol. The van der Waals surface area contributed by atoms with E-state index in [1.165, 1.54) is 5.56 Å². The summed E-state index contributed by atoms with van der Waals surface area (Å²) in [5.41, 5.74) is 4.21. The van der Waals surface area contributed by atoms with Crippen molar-refractivity contribution in [3.8, 4) is 0 Å². The Morgan fingerprint density at radius 3 is 2.67 bits per heavy atom. The van der Waals surface area contributed by atoms with Crippen LogP contribution in [-0.4, -0.2) is 39.6 Å². The van der Waals surface area contributed by atoms with Gasteiger partial charge in [-0.2, -0.15) is 0 Å². The molecule has 0 fully saturated rings. The number of amides is 1. The number of hydrogen-bond acceptors (Lipinski definition) is 7. The second kappa shape index (κ2) is 10.3. The van der Waals surface area contributed by atoms with Crippen LogP contribution < -0.4 is 5.32 Å². The molecule has 2 aromatic carbocycles. The largest absolute Gasteiger partial charge is 0.449 e. The van der Waals surface area contributed by atoms with E-state index in [-0.39, 0.29) is 5.82 Å². The number of rotatable bonds is 7. The van der Waals surface area contributed by atoms with E-state index in [9.17, 15) is 9.59 Å². The first kappa shape index (κ1) is 23.7. The van der Waals surface area contributed by atoms with E-state index in [1.54, 1.807) is 19.9 Å². The number of carbonyl (C=O) groups excluding carboxylic acids is 2. The standard InChI is InChI=1S/C28H28N4O4/c1-3-24(27(33)30-25-15-18(2)36-31-25)35-28(34)26-20-11-7-8-12-22(20)29-23-13-14-32(17-21(23)26)16-19-9-5-4-6-10-19/h4-12,15,24H,3,13-14,16-17H2,1-2H3,(H,30,31,33). The summed E-state index contributed by atoms with van der Waals surface area (Å²) in [5.74, 6) is -0.109. The van der Waals surface area contributed by atoms with E-state index in [2.05, 4.69) is 27.5 Å². The minimum absolute atomic E-state index is 0.287. The van der Waals surface area contributed by atoms with Gasteiger partial charge in [0.25, 0.3) is 5.91 Å². The molecule has 1 unspecified atom stereocenters. The van der Waals surface area contributed by atoms with Gasteiger partial charge in [-0.3, -0.25) is 14.7 Å². The number of nitrogens with one attached hydrogen (secondary N) is 1. The highest BCUT2D eigenvalue weighted by atomic mass is 16.5. The second-order valence-electron chi connectivity index (χ2n) is 8.99. The summed E-state index contributed by atoms with van der Waals surface area (Å²) in [6.45, 7) is 5.73. The summed E-state index contributed by atoms with van der Waals surface area (Å²) >= 11 is 0. The van der Waals surface area contributed by atoms with Crippen molar-refractivity contribution in [2.24, 2.45) is 0 Å². The summed E-state index contributed by atoms with van der Waals surface area (Å²) in [6.07, 6.45) is 0.0806. The average Bonchev–Trinajstić information content (AvgIpc) is 3.30. The van der Waals surface area contributed by atoms with Crippen LogP contribution in [0.25, 0.3) is 10.9 Å². The third kappa shape index (κ3) is 4.99. The maximum atomic E-state index is 13.6. The maximum Gasteiger partial charge on any atom is 0.340 e. The Labute approximate surface area is 209 Å². The van der Waals surface area contributed by atoms with Gasteiger partial charge in [-0.15, -0.1) is 0 Å². The second-order valence-corrected chi connectivity index (χ2v) is 8.99. The van der Waals surface area contributed by atoms with Crippen LogP contribution in [0.4, 0.5) is 5.82 Å². The van der Waals surface area contributed by atoms with Gasteiger partial charge in [-0.1, -0.05) is 60.6 Å². The predicted molar refractivity (Wildman–Crippen MR) is 135 cm³/mol. The Morgan fingerprint density at radius 1 is 1.14 bits per heavy atom. The first-order chi connectivity index (χ1) is 17.5. The highest BCUT2D eigenvalue weighted by molar-refractivity contribution is 6.06. The summed E-state index contributed by atoms with van der Waals surface area (Å²) in [5, 5.41) is 7.18. The van der Waals surface area contributed by atoms with Crippen LogP contribution in [0.15, 0.2) is 65.2 Å². The average molecular weight is 485 g/mol. The minimum Gasteiger partial charge on any atom is -0.449 e. The van der Waals surface area contributed by atoms with Gasteiger partial charge in [-0.05, 0) is 25.0 Å². The molecular formula is C28H28N4O4. The lowest BCUT2D eigenvalue weighted by Gasteiger charge is -2.30. The number of anilines is 1. The summed E-state index contributed by atoms with van der Waals surface area (Å²) in [6, 6.07) is 19.5. The zero-order chi connectivity index (χ0) is 25.1. The maximum absolute atomic E-state index is 13.6. The highest BCUT2D eigenvalue weighted by Crippen LogP contribution is 2.30. The van der Waals surface area contributed by atoms with Crippen LogP contribution in [0.5, 0.6) is 0 Å².